The molecule has 1 unspecified atom stereocenters. The molecule has 6 heteroatoms. The van der Waals surface area contributed by atoms with E-state index in [2.05, 4.69) is 26.7 Å². The molecule has 3 rings (SSSR count). The second-order valence-electron chi connectivity index (χ2n) is 6.76. The topological polar surface area (TPSA) is 52.6 Å². The maximum Gasteiger partial charge on any atom is 0.225 e. The van der Waals surface area contributed by atoms with Gasteiger partial charge in [-0.1, -0.05) is 13.3 Å². The van der Waals surface area contributed by atoms with E-state index in [0.717, 1.165) is 45.2 Å². The minimum atomic E-state index is 0.295. The standard InChI is InChI=1S/C18H29N5O/c1-2-16-6-3-4-10-21(16)11-7-17(24)22-12-14-23(15-13-22)18-19-8-5-9-20-18/h5,8-9,16H,2-4,6-7,10-15H2,1H3. The number of amides is 1. The number of nitrogens with zero attached hydrogens (tertiary/aromatic N) is 5. The molecule has 2 saturated heterocycles. The molecule has 0 saturated carbocycles. The van der Waals surface area contributed by atoms with E-state index in [9.17, 15) is 4.79 Å². The normalized spacial score (nSPS) is 22.6. The van der Waals surface area contributed by atoms with E-state index in [1.165, 1.54) is 25.7 Å². The average Bonchev–Trinajstić information content (AvgIpc) is 2.67. The van der Waals surface area contributed by atoms with Crippen LogP contribution in [0.1, 0.15) is 39.0 Å². The Morgan fingerprint density at radius 1 is 1.12 bits per heavy atom. The number of carbonyl (C=O) groups excluding carboxylic acids is 1. The summed E-state index contributed by atoms with van der Waals surface area (Å²) in [5.41, 5.74) is 0. The summed E-state index contributed by atoms with van der Waals surface area (Å²) in [7, 11) is 0. The molecule has 0 radical (unpaired) electrons. The van der Waals surface area contributed by atoms with Crippen molar-refractivity contribution in [3.05, 3.63) is 18.5 Å². The summed E-state index contributed by atoms with van der Waals surface area (Å²) in [5.74, 6) is 1.06. The van der Waals surface area contributed by atoms with Crippen LogP contribution in [-0.4, -0.2) is 71.0 Å². The van der Waals surface area contributed by atoms with Crippen molar-refractivity contribution in [3.63, 3.8) is 0 Å². The fourth-order valence-corrected chi connectivity index (χ4v) is 3.82. The third-order valence-electron chi connectivity index (χ3n) is 5.30. The van der Waals surface area contributed by atoms with Crippen LogP contribution in [0.4, 0.5) is 5.95 Å². The van der Waals surface area contributed by atoms with Crippen molar-refractivity contribution in [2.75, 3.05) is 44.2 Å². The first-order chi connectivity index (χ1) is 11.8. The molecule has 0 spiro atoms. The SMILES string of the molecule is CCC1CCCCN1CCC(=O)N1CCN(c2ncccn2)CC1. The maximum atomic E-state index is 12.5. The molecule has 0 N–H and O–H groups in total. The smallest absolute Gasteiger partial charge is 0.225 e. The van der Waals surface area contributed by atoms with E-state index >= 15 is 0 Å². The summed E-state index contributed by atoms with van der Waals surface area (Å²) >= 11 is 0. The van der Waals surface area contributed by atoms with Crippen molar-refractivity contribution >= 4 is 11.9 Å². The van der Waals surface area contributed by atoms with Gasteiger partial charge in [0.1, 0.15) is 0 Å². The minimum Gasteiger partial charge on any atom is -0.339 e. The number of likely N-dealkylation sites (tertiary alicyclic amines) is 1. The van der Waals surface area contributed by atoms with Crippen molar-refractivity contribution in [2.24, 2.45) is 0 Å². The third kappa shape index (κ3) is 4.23. The van der Waals surface area contributed by atoms with Gasteiger partial charge < -0.3 is 9.80 Å². The van der Waals surface area contributed by atoms with Crippen molar-refractivity contribution in [1.82, 2.24) is 19.8 Å². The molecule has 2 aliphatic rings. The molecule has 0 bridgehead atoms. The molecule has 2 aliphatic heterocycles. The van der Waals surface area contributed by atoms with Crippen LogP contribution in [0.15, 0.2) is 18.5 Å². The predicted octanol–water partition coefficient (Wildman–Crippen LogP) is 1.78. The largest absolute Gasteiger partial charge is 0.339 e. The van der Waals surface area contributed by atoms with E-state index in [-0.39, 0.29) is 0 Å². The highest BCUT2D eigenvalue weighted by Crippen LogP contribution is 2.20. The van der Waals surface area contributed by atoms with E-state index in [1.807, 2.05) is 11.0 Å². The Hall–Kier alpha value is -1.69. The molecule has 2 fully saturated rings. The summed E-state index contributed by atoms with van der Waals surface area (Å²) in [6.45, 7) is 7.51. The van der Waals surface area contributed by atoms with E-state index in [0.29, 0.717) is 18.4 Å². The number of hydrogen-bond donors (Lipinski definition) is 0. The van der Waals surface area contributed by atoms with Gasteiger partial charge >= 0.3 is 0 Å². The Kier molecular flexibility index (Phi) is 6.01. The number of aromatic nitrogens is 2. The number of anilines is 1. The maximum absolute atomic E-state index is 12.5. The second-order valence-corrected chi connectivity index (χ2v) is 6.76. The van der Waals surface area contributed by atoms with Crippen molar-refractivity contribution in [1.29, 1.82) is 0 Å². The molecule has 24 heavy (non-hydrogen) atoms. The van der Waals surface area contributed by atoms with Gasteiger partial charge in [-0.2, -0.15) is 0 Å². The molecule has 132 valence electrons. The van der Waals surface area contributed by atoms with Crippen LogP contribution >= 0.6 is 0 Å². The molecule has 0 aromatic carbocycles. The molecule has 0 aliphatic carbocycles. The fourth-order valence-electron chi connectivity index (χ4n) is 3.82. The highest BCUT2D eigenvalue weighted by Gasteiger charge is 2.25. The molecule has 6 nitrogen and oxygen atoms in total. The van der Waals surface area contributed by atoms with E-state index < -0.39 is 0 Å². The highest BCUT2D eigenvalue weighted by atomic mass is 16.2. The summed E-state index contributed by atoms with van der Waals surface area (Å²) < 4.78 is 0. The van der Waals surface area contributed by atoms with E-state index in [4.69, 9.17) is 0 Å². The summed E-state index contributed by atoms with van der Waals surface area (Å²) in [6, 6.07) is 2.51. The van der Waals surface area contributed by atoms with Gasteiger partial charge in [0.15, 0.2) is 0 Å². The van der Waals surface area contributed by atoms with Gasteiger partial charge in [0.05, 0.1) is 0 Å². The Bertz CT molecular complexity index is 515. The monoisotopic (exact) mass is 331 g/mol. The van der Waals surface area contributed by atoms with Crippen LogP contribution in [0, 0.1) is 0 Å². The molecule has 1 aromatic rings. The van der Waals surface area contributed by atoms with Gasteiger partial charge in [-0.3, -0.25) is 9.69 Å². The summed E-state index contributed by atoms with van der Waals surface area (Å²) in [6.07, 6.45) is 9.29. The molecule has 1 aromatic heterocycles. The van der Waals surface area contributed by atoms with Crippen LogP contribution < -0.4 is 4.90 Å². The summed E-state index contributed by atoms with van der Waals surface area (Å²) in [5, 5.41) is 0. The fraction of sp³-hybridized carbons (Fsp3) is 0.722. The Morgan fingerprint density at radius 2 is 1.88 bits per heavy atom. The van der Waals surface area contributed by atoms with Gasteiger partial charge in [0, 0.05) is 57.6 Å². The lowest BCUT2D eigenvalue weighted by atomic mass is 10.00. The lowest BCUT2D eigenvalue weighted by Gasteiger charge is -2.37. The number of rotatable bonds is 5. The van der Waals surface area contributed by atoms with Gasteiger partial charge in [-0.15, -0.1) is 0 Å². The Balaban J connectivity index is 1.43. The molecule has 1 amide bonds. The quantitative estimate of drug-likeness (QED) is 0.823. The van der Waals surface area contributed by atoms with Crippen LogP contribution in [0.25, 0.3) is 0 Å². The zero-order valence-corrected chi connectivity index (χ0v) is 14.7. The van der Waals surface area contributed by atoms with Crippen molar-refractivity contribution in [3.8, 4) is 0 Å². The number of carbonyl (C=O) groups is 1. The number of hydrogen-bond acceptors (Lipinski definition) is 5. The lowest BCUT2D eigenvalue weighted by molar-refractivity contribution is -0.132. The zero-order valence-electron chi connectivity index (χ0n) is 14.7. The van der Waals surface area contributed by atoms with Crippen LogP contribution in [0.2, 0.25) is 0 Å². The zero-order chi connectivity index (χ0) is 16.8. The van der Waals surface area contributed by atoms with Crippen LogP contribution in [0.5, 0.6) is 0 Å². The first-order valence-corrected chi connectivity index (χ1v) is 9.31. The number of piperidine rings is 1. The minimum absolute atomic E-state index is 0.295. The molecular weight excluding hydrogens is 302 g/mol. The molecular formula is C18H29N5O. The first kappa shape index (κ1) is 17.1. The highest BCUT2D eigenvalue weighted by molar-refractivity contribution is 5.76. The van der Waals surface area contributed by atoms with Gasteiger partial charge in [-0.05, 0) is 31.9 Å². The van der Waals surface area contributed by atoms with Crippen LogP contribution in [-0.2, 0) is 4.79 Å². The van der Waals surface area contributed by atoms with Crippen molar-refractivity contribution < 1.29 is 4.79 Å². The van der Waals surface area contributed by atoms with Crippen LogP contribution in [0.3, 0.4) is 0 Å². The first-order valence-electron chi connectivity index (χ1n) is 9.31. The Morgan fingerprint density at radius 3 is 2.58 bits per heavy atom. The molecule has 3 heterocycles. The van der Waals surface area contributed by atoms with E-state index in [1.54, 1.807) is 12.4 Å². The number of piperazine rings is 1. The van der Waals surface area contributed by atoms with Crippen molar-refractivity contribution in [2.45, 2.75) is 45.1 Å². The Labute approximate surface area is 144 Å². The summed E-state index contributed by atoms with van der Waals surface area (Å²) in [4.78, 5) is 27.8. The van der Waals surface area contributed by atoms with Gasteiger partial charge in [-0.25, -0.2) is 9.97 Å². The molecule has 1 atom stereocenters. The average molecular weight is 331 g/mol. The lowest BCUT2D eigenvalue weighted by Crippen LogP contribution is -2.50. The van der Waals surface area contributed by atoms with Gasteiger partial charge in [0.2, 0.25) is 11.9 Å². The van der Waals surface area contributed by atoms with Gasteiger partial charge in [0.25, 0.3) is 0 Å². The second kappa shape index (κ2) is 8.42. The predicted molar refractivity (Wildman–Crippen MR) is 94.9 cm³/mol. The third-order valence-corrected chi connectivity index (χ3v) is 5.30.